The minimum atomic E-state index is -0.255. The van der Waals surface area contributed by atoms with Crippen LogP contribution in [0.5, 0.6) is 0 Å². The summed E-state index contributed by atoms with van der Waals surface area (Å²) in [4.78, 5) is 11.1. The molecule has 0 saturated carbocycles. The summed E-state index contributed by atoms with van der Waals surface area (Å²) < 4.78 is 20.8. The van der Waals surface area contributed by atoms with Crippen LogP contribution in [-0.2, 0) is 4.74 Å². The third-order valence-corrected chi connectivity index (χ3v) is 3.84. The first kappa shape index (κ1) is 13.2. The van der Waals surface area contributed by atoms with Gasteiger partial charge >= 0.3 is 0 Å². The van der Waals surface area contributed by atoms with Crippen LogP contribution in [0.1, 0.15) is 0 Å². The van der Waals surface area contributed by atoms with Gasteiger partial charge in [-0.1, -0.05) is 12.1 Å². The lowest BCUT2D eigenvalue weighted by Crippen LogP contribution is -2.37. The molecular formula is C16H15FN4O. The third kappa shape index (κ3) is 2.21. The topological polar surface area (TPSA) is 42.7 Å². The lowest BCUT2D eigenvalue weighted by Gasteiger charge is -2.27. The molecule has 2 aromatic heterocycles. The number of nitrogens with zero attached hydrogens (tertiary/aromatic N) is 4. The van der Waals surface area contributed by atoms with Crippen molar-refractivity contribution in [1.29, 1.82) is 0 Å². The maximum atomic E-state index is 13.5. The summed E-state index contributed by atoms with van der Waals surface area (Å²) in [7, 11) is 0. The van der Waals surface area contributed by atoms with Gasteiger partial charge < -0.3 is 9.64 Å². The number of ether oxygens (including phenoxy) is 1. The van der Waals surface area contributed by atoms with Crippen molar-refractivity contribution in [2.75, 3.05) is 31.2 Å². The van der Waals surface area contributed by atoms with Crippen molar-refractivity contribution in [2.45, 2.75) is 0 Å². The molecule has 0 amide bonds. The van der Waals surface area contributed by atoms with Gasteiger partial charge in [-0.2, -0.15) is 0 Å². The molecule has 5 nitrogen and oxygen atoms in total. The molecule has 0 radical (unpaired) electrons. The van der Waals surface area contributed by atoms with Crippen LogP contribution < -0.4 is 4.90 Å². The van der Waals surface area contributed by atoms with Crippen LogP contribution in [0.2, 0.25) is 0 Å². The summed E-state index contributed by atoms with van der Waals surface area (Å²) in [6.07, 6.45) is 5.37. The zero-order valence-corrected chi connectivity index (χ0v) is 11.9. The monoisotopic (exact) mass is 298 g/mol. The summed E-state index contributed by atoms with van der Waals surface area (Å²) in [6, 6.07) is 6.53. The lowest BCUT2D eigenvalue weighted by atomic mass is 10.1. The van der Waals surface area contributed by atoms with Crippen molar-refractivity contribution >= 4 is 11.5 Å². The molecule has 0 aliphatic carbocycles. The van der Waals surface area contributed by atoms with Crippen LogP contribution in [0.3, 0.4) is 0 Å². The predicted molar refractivity (Wildman–Crippen MR) is 81.4 cm³/mol. The summed E-state index contributed by atoms with van der Waals surface area (Å²) in [5.41, 5.74) is 2.43. The van der Waals surface area contributed by atoms with E-state index in [-0.39, 0.29) is 5.82 Å². The number of anilines is 1. The van der Waals surface area contributed by atoms with Crippen LogP contribution in [0, 0.1) is 5.82 Å². The molecule has 1 aromatic carbocycles. The predicted octanol–water partition coefficient (Wildman–Crippen LogP) is 2.37. The van der Waals surface area contributed by atoms with Gasteiger partial charge in [-0.05, 0) is 12.1 Å². The summed E-state index contributed by atoms with van der Waals surface area (Å²) in [6.45, 7) is 2.99. The SMILES string of the molecule is Fc1cccc(-c2cnc3c(N4CCOCC4)nccn23)c1. The van der Waals surface area contributed by atoms with Crippen molar-refractivity contribution in [1.82, 2.24) is 14.4 Å². The zero-order valence-electron chi connectivity index (χ0n) is 11.9. The Morgan fingerprint density at radius 3 is 2.82 bits per heavy atom. The Morgan fingerprint density at radius 2 is 2.00 bits per heavy atom. The fourth-order valence-electron chi connectivity index (χ4n) is 2.77. The molecule has 3 aromatic rings. The largest absolute Gasteiger partial charge is 0.378 e. The van der Waals surface area contributed by atoms with Crippen LogP contribution in [0.15, 0.2) is 42.9 Å². The normalized spacial score (nSPS) is 15.4. The van der Waals surface area contributed by atoms with Crippen molar-refractivity contribution < 1.29 is 9.13 Å². The van der Waals surface area contributed by atoms with E-state index < -0.39 is 0 Å². The number of hydrogen-bond donors (Lipinski definition) is 0. The van der Waals surface area contributed by atoms with E-state index in [4.69, 9.17) is 4.74 Å². The number of aromatic nitrogens is 3. The van der Waals surface area contributed by atoms with Crippen molar-refractivity contribution in [3.8, 4) is 11.3 Å². The molecular weight excluding hydrogens is 283 g/mol. The highest BCUT2D eigenvalue weighted by atomic mass is 19.1. The molecule has 112 valence electrons. The number of halogens is 1. The highest BCUT2D eigenvalue weighted by Gasteiger charge is 2.18. The molecule has 4 rings (SSSR count). The van der Waals surface area contributed by atoms with E-state index in [9.17, 15) is 4.39 Å². The first-order valence-electron chi connectivity index (χ1n) is 7.23. The van der Waals surface area contributed by atoms with Gasteiger partial charge in [0.05, 0.1) is 25.1 Å². The van der Waals surface area contributed by atoms with Gasteiger partial charge in [0, 0.05) is 31.0 Å². The third-order valence-electron chi connectivity index (χ3n) is 3.84. The molecule has 0 spiro atoms. The lowest BCUT2D eigenvalue weighted by molar-refractivity contribution is 0.122. The first-order chi connectivity index (χ1) is 10.8. The fraction of sp³-hybridized carbons (Fsp3) is 0.250. The first-order valence-corrected chi connectivity index (χ1v) is 7.23. The minimum Gasteiger partial charge on any atom is -0.378 e. The second-order valence-electron chi connectivity index (χ2n) is 5.20. The highest BCUT2D eigenvalue weighted by Crippen LogP contribution is 2.25. The van der Waals surface area contributed by atoms with E-state index in [1.807, 2.05) is 16.7 Å². The van der Waals surface area contributed by atoms with Crippen LogP contribution in [0.4, 0.5) is 10.2 Å². The Morgan fingerprint density at radius 1 is 1.14 bits per heavy atom. The average molecular weight is 298 g/mol. The molecule has 1 saturated heterocycles. The van der Waals surface area contributed by atoms with Gasteiger partial charge in [0.15, 0.2) is 11.5 Å². The molecule has 0 bridgehead atoms. The molecule has 1 fully saturated rings. The molecule has 6 heteroatoms. The van der Waals surface area contributed by atoms with Gasteiger partial charge in [0.25, 0.3) is 0 Å². The maximum absolute atomic E-state index is 13.5. The second-order valence-corrected chi connectivity index (χ2v) is 5.20. The van der Waals surface area contributed by atoms with E-state index in [0.29, 0.717) is 13.2 Å². The van der Waals surface area contributed by atoms with Gasteiger partial charge in [-0.3, -0.25) is 4.40 Å². The Hall–Kier alpha value is -2.47. The average Bonchev–Trinajstić information content (AvgIpc) is 3.00. The van der Waals surface area contributed by atoms with Crippen molar-refractivity contribution in [2.24, 2.45) is 0 Å². The molecule has 0 N–H and O–H groups in total. The van der Waals surface area contributed by atoms with Gasteiger partial charge in [0.2, 0.25) is 0 Å². The standard InChI is InChI=1S/C16H15FN4O/c17-13-3-1-2-12(10-13)14-11-19-16-15(18-4-5-21(14)16)20-6-8-22-9-7-20/h1-5,10-11H,6-9H2. The fourth-order valence-corrected chi connectivity index (χ4v) is 2.77. The molecule has 0 unspecified atom stereocenters. The van der Waals surface area contributed by atoms with Crippen molar-refractivity contribution in [3.05, 3.63) is 48.7 Å². The van der Waals surface area contributed by atoms with E-state index in [1.165, 1.54) is 12.1 Å². The molecule has 3 heterocycles. The number of hydrogen-bond acceptors (Lipinski definition) is 4. The second kappa shape index (κ2) is 5.38. The van der Waals surface area contributed by atoms with E-state index in [0.717, 1.165) is 35.8 Å². The number of rotatable bonds is 2. The Bertz CT molecular complexity index is 811. The van der Waals surface area contributed by atoms with Crippen LogP contribution in [0.25, 0.3) is 16.9 Å². The number of benzene rings is 1. The van der Waals surface area contributed by atoms with Gasteiger partial charge in [-0.25, -0.2) is 14.4 Å². The Labute approximate surface area is 127 Å². The quantitative estimate of drug-likeness (QED) is 0.728. The van der Waals surface area contributed by atoms with Gasteiger partial charge in [0.1, 0.15) is 5.82 Å². The summed E-state index contributed by atoms with van der Waals surface area (Å²) >= 11 is 0. The van der Waals surface area contributed by atoms with Crippen LogP contribution in [-0.4, -0.2) is 40.7 Å². The molecule has 0 atom stereocenters. The number of fused-ring (bicyclic) bond motifs is 1. The van der Waals surface area contributed by atoms with E-state index >= 15 is 0 Å². The Balaban J connectivity index is 1.83. The van der Waals surface area contributed by atoms with E-state index in [1.54, 1.807) is 18.5 Å². The van der Waals surface area contributed by atoms with Crippen molar-refractivity contribution in [3.63, 3.8) is 0 Å². The number of morpholine rings is 1. The molecule has 1 aliphatic rings. The molecule has 22 heavy (non-hydrogen) atoms. The summed E-state index contributed by atoms with van der Waals surface area (Å²) in [5, 5.41) is 0. The minimum absolute atomic E-state index is 0.255. The Kier molecular flexibility index (Phi) is 3.23. The zero-order chi connectivity index (χ0) is 14.9. The number of imidazole rings is 1. The van der Waals surface area contributed by atoms with E-state index in [2.05, 4.69) is 14.9 Å². The summed E-state index contributed by atoms with van der Waals surface area (Å²) in [5.74, 6) is 0.586. The smallest absolute Gasteiger partial charge is 0.180 e. The van der Waals surface area contributed by atoms with Crippen LogP contribution >= 0.6 is 0 Å². The maximum Gasteiger partial charge on any atom is 0.180 e. The van der Waals surface area contributed by atoms with Gasteiger partial charge in [-0.15, -0.1) is 0 Å². The molecule has 1 aliphatic heterocycles. The highest BCUT2D eigenvalue weighted by molar-refractivity contribution is 5.71.